The van der Waals surface area contributed by atoms with Crippen LogP contribution in [0.15, 0.2) is 30.3 Å². The zero-order valence-corrected chi connectivity index (χ0v) is 16.0. The molecule has 1 rings (SSSR count). The molecule has 7 heteroatoms. The van der Waals surface area contributed by atoms with Crippen molar-refractivity contribution in [1.29, 1.82) is 0 Å². The summed E-state index contributed by atoms with van der Waals surface area (Å²) in [7, 11) is -2.56. The van der Waals surface area contributed by atoms with Gasteiger partial charge in [-0.25, -0.2) is 4.79 Å². The number of hydrogen-bond donors (Lipinski definition) is 2. The second-order valence-corrected chi connectivity index (χ2v) is 6.11. The Balaban J connectivity index is 0. The number of rotatable bonds is 5. The fourth-order valence-corrected chi connectivity index (χ4v) is 2.51. The van der Waals surface area contributed by atoms with Gasteiger partial charge in [-0.3, -0.25) is 0 Å². The third-order valence-corrected chi connectivity index (χ3v) is 4.45. The van der Waals surface area contributed by atoms with Crippen molar-refractivity contribution in [3.63, 3.8) is 0 Å². The Hall–Kier alpha value is 0.880. The monoisotopic (exact) mass is 288 g/mol. The van der Waals surface area contributed by atoms with Gasteiger partial charge < -0.3 is 14.8 Å². The fraction of sp³-hybridized carbons (Fsp3) is 0.364. The van der Waals surface area contributed by atoms with E-state index in [1.165, 1.54) is 0 Å². The number of carbonyl (C=O) groups is 1. The molecule has 0 aliphatic heterocycles. The smallest absolute Gasteiger partial charge is 0.342 e. The first-order valence-electron chi connectivity index (χ1n) is 4.97. The van der Waals surface area contributed by atoms with E-state index in [1.54, 1.807) is 0 Å². The summed E-state index contributed by atoms with van der Waals surface area (Å²) in [6.45, 7) is 1.08. The molecule has 0 saturated carbocycles. The van der Waals surface area contributed by atoms with E-state index >= 15 is 0 Å². The minimum Gasteiger partial charge on any atom is -0.479 e. The summed E-state index contributed by atoms with van der Waals surface area (Å²) >= 11 is 0. The molecule has 0 aliphatic rings. The van der Waals surface area contributed by atoms with E-state index in [2.05, 4.69) is 0 Å². The van der Waals surface area contributed by atoms with Crippen LogP contribution >= 0.6 is 7.80 Å². The summed E-state index contributed by atoms with van der Waals surface area (Å²) in [5.41, 5.74) is 0.988. The van der Waals surface area contributed by atoms with E-state index in [0.717, 1.165) is 12.5 Å². The minimum atomic E-state index is -2.56. The number of benzene rings is 1. The Bertz CT molecular complexity index is 395. The maximum Gasteiger partial charge on any atom is 0.342 e. The predicted octanol–water partition coefficient (Wildman–Crippen LogP) is 0.820. The van der Waals surface area contributed by atoms with Crippen LogP contribution in [-0.4, -0.2) is 86.8 Å². The third-order valence-electron chi connectivity index (χ3n) is 2.44. The van der Waals surface area contributed by atoms with Crippen LogP contribution in [0.3, 0.4) is 0 Å². The maximum absolute atomic E-state index is 11.6. The largest absolute Gasteiger partial charge is 0.479 e. The normalized spacial score (nSPS) is 14.6. The molecule has 0 spiro atoms. The van der Waals surface area contributed by atoms with Gasteiger partial charge in [-0.2, -0.15) is 0 Å². The quantitative estimate of drug-likeness (QED) is 0.621. The van der Waals surface area contributed by atoms with Crippen molar-refractivity contribution in [1.82, 2.24) is 0 Å². The van der Waals surface area contributed by atoms with Crippen LogP contribution in [0.5, 0.6) is 0 Å². The molecular weight excluding hydrogens is 273 g/mol. The van der Waals surface area contributed by atoms with Crippen LogP contribution in [0.25, 0.3) is 0 Å². The standard InChI is InChI=1S/C11H15O4P.2Na/c1-11(14,10(12)13)16(15)8-7-9-5-3-2-4-6-9;;/h2-6,14,16H,7-8H2,1H3,(H,12,13);;. The van der Waals surface area contributed by atoms with Crippen molar-refractivity contribution < 1.29 is 19.6 Å². The second-order valence-electron chi connectivity index (χ2n) is 3.79. The van der Waals surface area contributed by atoms with Gasteiger partial charge in [-0.05, 0) is 18.9 Å². The molecule has 2 unspecified atom stereocenters. The molecule has 0 aromatic heterocycles. The molecule has 4 nitrogen and oxygen atoms in total. The van der Waals surface area contributed by atoms with E-state index < -0.39 is 19.1 Å². The van der Waals surface area contributed by atoms with Gasteiger partial charge >= 0.3 is 5.97 Å². The second kappa shape index (κ2) is 9.73. The van der Waals surface area contributed by atoms with E-state index in [1.807, 2.05) is 30.3 Å². The fourth-order valence-electron chi connectivity index (χ4n) is 1.27. The molecule has 1 aromatic carbocycles. The van der Waals surface area contributed by atoms with Crippen molar-refractivity contribution in [2.45, 2.75) is 18.7 Å². The average Bonchev–Trinajstić information content (AvgIpc) is 2.27. The number of aliphatic hydroxyl groups is 1. The minimum absolute atomic E-state index is 0. The summed E-state index contributed by atoms with van der Waals surface area (Å²) in [4.78, 5) is 10.6. The summed E-state index contributed by atoms with van der Waals surface area (Å²) in [5.74, 6) is -1.43. The van der Waals surface area contributed by atoms with Gasteiger partial charge in [0, 0.05) is 65.3 Å². The van der Waals surface area contributed by atoms with Crippen LogP contribution in [0.2, 0.25) is 0 Å². The summed E-state index contributed by atoms with van der Waals surface area (Å²) < 4.78 is 11.6. The van der Waals surface area contributed by atoms with Crippen LogP contribution in [0.1, 0.15) is 12.5 Å². The van der Waals surface area contributed by atoms with Crippen LogP contribution in [0, 0.1) is 0 Å². The van der Waals surface area contributed by atoms with E-state index in [0.29, 0.717) is 6.42 Å². The van der Waals surface area contributed by atoms with Gasteiger partial charge in [0.1, 0.15) is 7.80 Å². The predicted molar refractivity (Wildman–Crippen MR) is 73.8 cm³/mol. The van der Waals surface area contributed by atoms with Gasteiger partial charge in [0.15, 0.2) is 0 Å². The summed E-state index contributed by atoms with van der Waals surface area (Å²) in [6, 6.07) is 9.36. The van der Waals surface area contributed by atoms with E-state index in [-0.39, 0.29) is 65.3 Å². The van der Waals surface area contributed by atoms with E-state index in [4.69, 9.17) is 5.11 Å². The van der Waals surface area contributed by atoms with Gasteiger partial charge in [0.05, 0.1) is 0 Å². The topological polar surface area (TPSA) is 74.6 Å². The van der Waals surface area contributed by atoms with Crippen LogP contribution in [-0.2, 0) is 15.8 Å². The first kappa shape index (κ1) is 21.2. The number of aliphatic carboxylic acids is 1. The van der Waals surface area contributed by atoms with Crippen molar-refractivity contribution in [3.05, 3.63) is 35.9 Å². The molecule has 2 N–H and O–H groups in total. The molecule has 0 heterocycles. The molecule has 0 saturated heterocycles. The first-order valence-corrected chi connectivity index (χ1v) is 6.59. The summed E-state index contributed by atoms with van der Waals surface area (Å²) in [5, 5.41) is 16.1. The van der Waals surface area contributed by atoms with Crippen molar-refractivity contribution in [3.8, 4) is 0 Å². The number of hydrogen-bond acceptors (Lipinski definition) is 3. The first-order chi connectivity index (χ1) is 7.44. The molecule has 0 amide bonds. The molecule has 0 fully saturated rings. The molecule has 2 radical (unpaired) electrons. The number of carboxylic acid groups (broad SMARTS) is 1. The molecule has 90 valence electrons. The van der Waals surface area contributed by atoms with Gasteiger partial charge in [0.25, 0.3) is 0 Å². The van der Waals surface area contributed by atoms with E-state index in [9.17, 15) is 14.5 Å². The Kier molecular flexibility index (Phi) is 11.5. The Morgan fingerprint density at radius 3 is 2.22 bits per heavy atom. The molecule has 0 bridgehead atoms. The van der Waals surface area contributed by atoms with Crippen LogP contribution < -0.4 is 0 Å². The van der Waals surface area contributed by atoms with Gasteiger partial charge in [-0.15, -0.1) is 0 Å². The van der Waals surface area contributed by atoms with Crippen molar-refractivity contribution in [2.75, 3.05) is 6.16 Å². The molecular formula is C11H15Na2O4P. The Labute approximate surface area is 152 Å². The Morgan fingerprint density at radius 2 is 1.78 bits per heavy atom. The third kappa shape index (κ3) is 6.36. The van der Waals surface area contributed by atoms with Crippen molar-refractivity contribution in [2.24, 2.45) is 0 Å². The molecule has 1 aromatic rings. The number of carboxylic acids is 1. The molecule has 0 aliphatic carbocycles. The van der Waals surface area contributed by atoms with Crippen molar-refractivity contribution >= 4 is 72.9 Å². The number of aryl methyl sites for hydroxylation is 1. The molecule has 2 atom stereocenters. The SMILES string of the molecule is CC(O)(C(=O)O)[PH](=O)CCc1ccccc1.[Na].[Na]. The zero-order valence-electron chi connectivity index (χ0n) is 11.0. The zero-order chi connectivity index (χ0) is 12.2. The summed E-state index contributed by atoms with van der Waals surface area (Å²) in [6.07, 6.45) is 0.718. The molecule has 18 heavy (non-hydrogen) atoms. The van der Waals surface area contributed by atoms with Gasteiger partial charge in [-0.1, -0.05) is 30.3 Å². The Morgan fingerprint density at radius 1 is 1.28 bits per heavy atom. The average molecular weight is 288 g/mol. The van der Waals surface area contributed by atoms with Gasteiger partial charge in [0.2, 0.25) is 5.34 Å². The van der Waals surface area contributed by atoms with Crippen LogP contribution in [0.4, 0.5) is 0 Å². The maximum atomic E-state index is 11.6.